The van der Waals surface area contributed by atoms with Crippen molar-refractivity contribution in [2.45, 2.75) is 30.6 Å². The summed E-state index contributed by atoms with van der Waals surface area (Å²) < 4.78 is 0. The van der Waals surface area contributed by atoms with Crippen LogP contribution in [-0.2, 0) is 4.84 Å². The predicted molar refractivity (Wildman–Crippen MR) is 44.4 cm³/mol. The van der Waals surface area contributed by atoms with E-state index in [2.05, 4.69) is 10.7 Å². The average Bonchev–Trinajstić information content (AvgIpc) is 2.23. The lowest BCUT2D eigenvalue weighted by Gasteiger charge is -2.27. The first-order valence-corrected chi connectivity index (χ1v) is 3.90. The monoisotopic (exact) mass is 212 g/mol. The SMILES string of the molecule is NOC(N)[C@H](O)[C@H](O)[C@@H](O)[C@H](O)CO. The van der Waals surface area contributed by atoms with Crippen molar-refractivity contribution in [1.29, 1.82) is 0 Å². The van der Waals surface area contributed by atoms with Crippen LogP contribution in [0.15, 0.2) is 0 Å². The minimum Gasteiger partial charge on any atom is -0.394 e. The van der Waals surface area contributed by atoms with Gasteiger partial charge in [0.25, 0.3) is 0 Å². The molecule has 0 aliphatic carbocycles. The molecule has 0 aromatic carbocycles. The van der Waals surface area contributed by atoms with E-state index in [1.165, 1.54) is 0 Å². The van der Waals surface area contributed by atoms with Gasteiger partial charge in [-0.1, -0.05) is 0 Å². The van der Waals surface area contributed by atoms with Crippen molar-refractivity contribution in [2.75, 3.05) is 6.61 Å². The molecule has 0 bridgehead atoms. The molecule has 0 aliphatic heterocycles. The highest BCUT2D eigenvalue weighted by molar-refractivity contribution is 4.82. The third kappa shape index (κ3) is 3.44. The molecule has 8 nitrogen and oxygen atoms in total. The van der Waals surface area contributed by atoms with Crippen LogP contribution in [0.5, 0.6) is 0 Å². The van der Waals surface area contributed by atoms with Crippen LogP contribution in [0, 0.1) is 0 Å². The van der Waals surface area contributed by atoms with Gasteiger partial charge in [0.15, 0.2) is 6.23 Å². The lowest BCUT2D eigenvalue weighted by molar-refractivity contribution is -0.150. The molecule has 9 N–H and O–H groups in total. The van der Waals surface area contributed by atoms with Gasteiger partial charge in [0.2, 0.25) is 0 Å². The van der Waals surface area contributed by atoms with Crippen LogP contribution in [0.1, 0.15) is 0 Å². The van der Waals surface area contributed by atoms with Crippen molar-refractivity contribution >= 4 is 0 Å². The number of rotatable bonds is 6. The summed E-state index contributed by atoms with van der Waals surface area (Å²) in [4.78, 5) is 4.01. The van der Waals surface area contributed by atoms with Gasteiger partial charge in [0.1, 0.15) is 24.4 Å². The molecule has 1 unspecified atom stereocenters. The third-order valence-corrected chi connectivity index (χ3v) is 1.77. The van der Waals surface area contributed by atoms with Crippen molar-refractivity contribution in [3.63, 3.8) is 0 Å². The van der Waals surface area contributed by atoms with E-state index in [1.54, 1.807) is 0 Å². The molecule has 0 radical (unpaired) electrons. The summed E-state index contributed by atoms with van der Waals surface area (Å²) in [7, 11) is 0. The van der Waals surface area contributed by atoms with Crippen LogP contribution in [0.3, 0.4) is 0 Å². The third-order valence-electron chi connectivity index (χ3n) is 1.77. The molecular weight excluding hydrogens is 196 g/mol. The molecular formula is C6H16N2O6. The molecule has 0 saturated heterocycles. The topological polar surface area (TPSA) is 162 Å². The molecule has 0 fully saturated rings. The first kappa shape index (κ1) is 13.7. The Labute approximate surface area is 80.3 Å². The molecule has 0 rings (SSSR count). The second-order valence-electron chi connectivity index (χ2n) is 2.82. The summed E-state index contributed by atoms with van der Waals surface area (Å²) in [6.45, 7) is -0.760. The number of aliphatic hydroxyl groups excluding tert-OH is 5. The van der Waals surface area contributed by atoms with Crippen LogP contribution < -0.4 is 11.6 Å². The molecule has 0 heterocycles. The Balaban J connectivity index is 4.22. The van der Waals surface area contributed by atoms with E-state index < -0.39 is 37.3 Å². The van der Waals surface area contributed by atoms with Gasteiger partial charge >= 0.3 is 0 Å². The largest absolute Gasteiger partial charge is 0.394 e. The zero-order valence-electron chi connectivity index (χ0n) is 7.39. The minimum absolute atomic E-state index is 0.760. The fraction of sp³-hybridized carbons (Fsp3) is 1.00. The maximum atomic E-state index is 9.20. The molecule has 0 aromatic rings. The maximum Gasteiger partial charge on any atom is 0.155 e. The minimum atomic E-state index is -1.77. The molecule has 0 aromatic heterocycles. The van der Waals surface area contributed by atoms with Gasteiger partial charge in [-0.05, 0) is 0 Å². The van der Waals surface area contributed by atoms with Crippen molar-refractivity contribution in [3.8, 4) is 0 Å². The summed E-state index contributed by atoms with van der Waals surface area (Å²) in [5.74, 6) is 4.63. The first-order chi connectivity index (χ1) is 6.45. The highest BCUT2D eigenvalue weighted by atomic mass is 16.6. The van der Waals surface area contributed by atoms with Gasteiger partial charge in [-0.2, -0.15) is 0 Å². The normalized spacial score (nSPS) is 22.5. The zero-order chi connectivity index (χ0) is 11.3. The fourth-order valence-corrected chi connectivity index (χ4v) is 0.812. The number of hydrogen-bond acceptors (Lipinski definition) is 8. The lowest BCUT2D eigenvalue weighted by atomic mass is 10.0. The summed E-state index contributed by atoms with van der Waals surface area (Å²) in [6.07, 6.45) is -8.15. The summed E-state index contributed by atoms with van der Waals surface area (Å²) in [6, 6.07) is 0. The summed E-state index contributed by atoms with van der Waals surface area (Å²) in [5, 5.41) is 44.9. The van der Waals surface area contributed by atoms with E-state index in [0.717, 1.165) is 0 Å². The number of aliphatic hydroxyl groups is 5. The molecule has 86 valence electrons. The van der Waals surface area contributed by atoms with Gasteiger partial charge in [0.05, 0.1) is 6.61 Å². The van der Waals surface area contributed by atoms with E-state index in [9.17, 15) is 5.11 Å². The Morgan fingerprint density at radius 2 is 1.50 bits per heavy atom. The van der Waals surface area contributed by atoms with Gasteiger partial charge in [-0.3, -0.25) is 4.84 Å². The lowest BCUT2D eigenvalue weighted by Crippen LogP contribution is -2.53. The first-order valence-electron chi connectivity index (χ1n) is 3.90. The van der Waals surface area contributed by atoms with Gasteiger partial charge < -0.3 is 31.3 Å². The second-order valence-corrected chi connectivity index (χ2v) is 2.82. The Kier molecular flexibility index (Phi) is 6.08. The molecule has 0 aliphatic rings. The summed E-state index contributed by atoms with van der Waals surface area (Å²) >= 11 is 0. The van der Waals surface area contributed by atoms with Crippen LogP contribution in [0.4, 0.5) is 0 Å². The van der Waals surface area contributed by atoms with E-state index in [4.69, 9.17) is 26.2 Å². The molecule has 8 heteroatoms. The van der Waals surface area contributed by atoms with Crippen LogP contribution >= 0.6 is 0 Å². The molecule has 14 heavy (non-hydrogen) atoms. The molecule has 0 spiro atoms. The number of nitrogens with two attached hydrogens (primary N) is 2. The predicted octanol–water partition coefficient (Wildman–Crippen LogP) is -4.40. The molecule has 0 saturated carbocycles. The van der Waals surface area contributed by atoms with Crippen LogP contribution in [0.25, 0.3) is 0 Å². The van der Waals surface area contributed by atoms with Crippen molar-refractivity contribution in [3.05, 3.63) is 0 Å². The standard InChI is InChI=1S/C6H16N2O6/c7-6(14-8)5(13)4(12)3(11)2(10)1-9/h2-6,9-13H,1,7-8H2/t2-,3+,4-,5-,6?/m1/s1. The Morgan fingerprint density at radius 1 is 1.00 bits per heavy atom. The Bertz CT molecular complexity index is 143. The molecule has 0 amide bonds. The van der Waals surface area contributed by atoms with Crippen LogP contribution in [0.2, 0.25) is 0 Å². The van der Waals surface area contributed by atoms with E-state index in [1.807, 2.05) is 0 Å². The number of hydrogen-bond donors (Lipinski definition) is 7. The summed E-state index contributed by atoms with van der Waals surface area (Å²) in [5.41, 5.74) is 5.08. The fourth-order valence-electron chi connectivity index (χ4n) is 0.812. The maximum absolute atomic E-state index is 9.20. The van der Waals surface area contributed by atoms with E-state index in [-0.39, 0.29) is 0 Å². The van der Waals surface area contributed by atoms with Crippen molar-refractivity contribution in [1.82, 2.24) is 0 Å². The zero-order valence-corrected chi connectivity index (χ0v) is 7.39. The van der Waals surface area contributed by atoms with Crippen LogP contribution in [-0.4, -0.2) is 62.8 Å². The quantitative estimate of drug-likeness (QED) is 0.171. The highest BCUT2D eigenvalue weighted by Gasteiger charge is 2.33. The van der Waals surface area contributed by atoms with E-state index in [0.29, 0.717) is 0 Å². The average molecular weight is 212 g/mol. The van der Waals surface area contributed by atoms with Crippen molar-refractivity contribution < 1.29 is 30.4 Å². The van der Waals surface area contributed by atoms with Gasteiger partial charge in [-0.25, -0.2) is 5.90 Å². The Hall–Kier alpha value is -0.320. The highest BCUT2D eigenvalue weighted by Crippen LogP contribution is 2.07. The smallest absolute Gasteiger partial charge is 0.155 e. The Morgan fingerprint density at radius 3 is 1.86 bits per heavy atom. The second kappa shape index (κ2) is 6.22. The van der Waals surface area contributed by atoms with Gasteiger partial charge in [-0.15, -0.1) is 0 Å². The van der Waals surface area contributed by atoms with E-state index >= 15 is 0 Å². The van der Waals surface area contributed by atoms with Gasteiger partial charge in [0, 0.05) is 0 Å². The van der Waals surface area contributed by atoms with Crippen molar-refractivity contribution in [2.24, 2.45) is 11.6 Å². The molecule has 5 atom stereocenters.